The molecule has 5 nitrogen and oxygen atoms in total. The van der Waals surface area contributed by atoms with Crippen LogP contribution in [0.3, 0.4) is 0 Å². The summed E-state index contributed by atoms with van der Waals surface area (Å²) >= 11 is 11.2. The average Bonchev–Trinajstić information content (AvgIpc) is 2.66. The van der Waals surface area contributed by atoms with Gasteiger partial charge in [-0.3, -0.25) is 4.79 Å². The minimum absolute atomic E-state index is 0.0193. The van der Waals surface area contributed by atoms with Crippen LogP contribution in [-0.2, 0) is 0 Å². The topological polar surface area (TPSA) is 79.2 Å². The van der Waals surface area contributed by atoms with Gasteiger partial charge in [0.05, 0.1) is 16.9 Å². The summed E-state index contributed by atoms with van der Waals surface area (Å²) in [6.45, 7) is 0. The van der Waals surface area contributed by atoms with Crippen LogP contribution < -0.4 is 21.7 Å². The van der Waals surface area contributed by atoms with Crippen molar-refractivity contribution in [1.29, 1.82) is 0 Å². The van der Waals surface area contributed by atoms with Gasteiger partial charge < -0.3 is 21.7 Å². The number of hydrogen-bond donors (Lipinski definition) is 4. The molecule has 0 aliphatic heterocycles. The normalized spacial score (nSPS) is 10.2. The maximum Gasteiger partial charge on any atom is 0.258 e. The lowest BCUT2D eigenvalue weighted by atomic mass is 10.2. The molecule has 5 N–H and O–H groups in total. The van der Waals surface area contributed by atoms with Gasteiger partial charge in [0.2, 0.25) is 0 Å². The van der Waals surface area contributed by atoms with Gasteiger partial charge in [0.15, 0.2) is 5.11 Å². The van der Waals surface area contributed by atoms with E-state index in [1.54, 1.807) is 48.5 Å². The molecule has 0 atom stereocenters. The van der Waals surface area contributed by atoms with Crippen molar-refractivity contribution < 1.29 is 9.18 Å². The van der Waals surface area contributed by atoms with E-state index in [1.807, 2.05) is 0 Å². The van der Waals surface area contributed by atoms with Crippen LogP contribution in [0.15, 0.2) is 66.7 Å². The molecule has 28 heavy (non-hydrogen) atoms. The highest BCUT2D eigenvalue weighted by Gasteiger charge is 2.11. The van der Waals surface area contributed by atoms with Gasteiger partial charge in [0, 0.05) is 16.4 Å². The summed E-state index contributed by atoms with van der Waals surface area (Å²) in [5.41, 5.74) is 8.19. The number of carbonyl (C=O) groups excluding carboxylic acids is 1. The first-order valence-electron chi connectivity index (χ1n) is 8.21. The highest BCUT2D eigenvalue weighted by Crippen LogP contribution is 2.23. The zero-order valence-corrected chi connectivity index (χ0v) is 16.1. The number of nitrogens with one attached hydrogen (secondary N) is 3. The average molecular weight is 415 g/mol. The van der Waals surface area contributed by atoms with Gasteiger partial charge in [-0.2, -0.15) is 0 Å². The van der Waals surface area contributed by atoms with Gasteiger partial charge in [-0.05, 0) is 66.8 Å². The molecule has 0 unspecified atom stereocenters. The van der Waals surface area contributed by atoms with Crippen molar-refractivity contribution in [2.24, 2.45) is 0 Å². The van der Waals surface area contributed by atoms with Crippen LogP contribution in [0.25, 0.3) is 0 Å². The lowest BCUT2D eigenvalue weighted by molar-refractivity contribution is 0.102. The molecule has 0 aliphatic rings. The zero-order chi connectivity index (χ0) is 20.1. The number of anilines is 4. The van der Waals surface area contributed by atoms with Crippen LogP contribution in [0.4, 0.5) is 27.1 Å². The number of nitrogens with two attached hydrogens (primary N) is 1. The van der Waals surface area contributed by atoms with Crippen LogP contribution in [0.2, 0.25) is 5.02 Å². The van der Waals surface area contributed by atoms with Crippen molar-refractivity contribution in [3.63, 3.8) is 0 Å². The fourth-order valence-corrected chi connectivity index (χ4v) is 2.80. The van der Waals surface area contributed by atoms with Gasteiger partial charge >= 0.3 is 0 Å². The highest BCUT2D eigenvalue weighted by molar-refractivity contribution is 7.80. The molecule has 0 radical (unpaired) electrons. The van der Waals surface area contributed by atoms with E-state index in [2.05, 4.69) is 16.0 Å². The van der Waals surface area contributed by atoms with E-state index < -0.39 is 11.7 Å². The van der Waals surface area contributed by atoms with Crippen molar-refractivity contribution in [2.75, 3.05) is 21.7 Å². The van der Waals surface area contributed by atoms with Gasteiger partial charge in [-0.15, -0.1) is 0 Å². The molecule has 1 amide bonds. The summed E-state index contributed by atoms with van der Waals surface area (Å²) in [7, 11) is 0. The summed E-state index contributed by atoms with van der Waals surface area (Å²) in [4.78, 5) is 12.1. The lowest BCUT2D eigenvalue weighted by Crippen LogP contribution is -2.20. The molecule has 0 bridgehead atoms. The molecule has 3 rings (SSSR count). The van der Waals surface area contributed by atoms with Crippen molar-refractivity contribution in [3.8, 4) is 0 Å². The SMILES string of the molecule is Nc1ccc(Cl)cc1NC(=S)Nc1ccc(NC(=O)c2ccccc2F)cc1. The van der Waals surface area contributed by atoms with E-state index in [0.29, 0.717) is 32.9 Å². The number of benzene rings is 3. The van der Waals surface area contributed by atoms with Crippen molar-refractivity contribution in [3.05, 3.63) is 83.1 Å². The molecule has 0 heterocycles. The van der Waals surface area contributed by atoms with E-state index in [4.69, 9.17) is 29.6 Å². The predicted octanol–water partition coefficient (Wildman–Crippen LogP) is 5.12. The third-order valence-corrected chi connectivity index (χ3v) is 4.22. The van der Waals surface area contributed by atoms with Crippen LogP contribution in [0.5, 0.6) is 0 Å². The number of carbonyl (C=O) groups is 1. The Kier molecular flexibility index (Phi) is 6.08. The molecule has 8 heteroatoms. The second kappa shape index (κ2) is 8.69. The van der Waals surface area contributed by atoms with Crippen LogP contribution in [0, 0.1) is 5.82 Å². The summed E-state index contributed by atoms with van der Waals surface area (Å²) in [5, 5.41) is 9.49. The van der Waals surface area contributed by atoms with Crippen LogP contribution in [0.1, 0.15) is 10.4 Å². The maximum absolute atomic E-state index is 13.7. The number of amides is 1. The largest absolute Gasteiger partial charge is 0.397 e. The Labute approximate surface area is 171 Å². The molecule has 0 saturated carbocycles. The predicted molar refractivity (Wildman–Crippen MR) is 117 cm³/mol. The minimum atomic E-state index is -0.574. The van der Waals surface area contributed by atoms with E-state index in [0.717, 1.165) is 0 Å². The molecule has 0 spiro atoms. The Hall–Kier alpha value is -3.16. The summed E-state index contributed by atoms with van der Waals surface area (Å²) in [5.74, 6) is -1.09. The van der Waals surface area contributed by atoms with Gasteiger partial charge in [0.25, 0.3) is 5.91 Å². The minimum Gasteiger partial charge on any atom is -0.397 e. The first-order chi connectivity index (χ1) is 13.4. The summed E-state index contributed by atoms with van der Waals surface area (Å²) in [6, 6.07) is 17.6. The summed E-state index contributed by atoms with van der Waals surface area (Å²) in [6.07, 6.45) is 0. The molecule has 0 aromatic heterocycles. The van der Waals surface area contributed by atoms with Crippen molar-refractivity contribution >= 4 is 57.6 Å². The van der Waals surface area contributed by atoms with E-state index in [1.165, 1.54) is 18.2 Å². The number of thiocarbonyl (C=S) groups is 1. The number of hydrogen-bond acceptors (Lipinski definition) is 3. The smallest absolute Gasteiger partial charge is 0.258 e. The number of rotatable bonds is 4. The Morgan fingerprint density at radius 1 is 0.929 bits per heavy atom. The fourth-order valence-electron chi connectivity index (χ4n) is 2.40. The van der Waals surface area contributed by atoms with Crippen LogP contribution in [-0.4, -0.2) is 11.0 Å². The number of halogens is 2. The van der Waals surface area contributed by atoms with Crippen LogP contribution >= 0.6 is 23.8 Å². The second-order valence-corrected chi connectivity index (χ2v) is 6.67. The third kappa shape index (κ3) is 4.97. The maximum atomic E-state index is 13.7. The van der Waals surface area contributed by atoms with E-state index >= 15 is 0 Å². The molecular weight excluding hydrogens is 399 g/mol. The monoisotopic (exact) mass is 414 g/mol. The molecule has 0 fully saturated rings. The van der Waals surface area contributed by atoms with Gasteiger partial charge in [-0.1, -0.05) is 23.7 Å². The molecule has 142 valence electrons. The zero-order valence-electron chi connectivity index (χ0n) is 14.5. The van der Waals surface area contributed by atoms with E-state index in [-0.39, 0.29) is 5.56 Å². The van der Waals surface area contributed by atoms with E-state index in [9.17, 15) is 9.18 Å². The first-order valence-corrected chi connectivity index (χ1v) is 9.00. The molecule has 3 aromatic rings. The van der Waals surface area contributed by atoms with Gasteiger partial charge in [0.1, 0.15) is 5.82 Å². The Balaban J connectivity index is 1.61. The molecule has 0 saturated heterocycles. The van der Waals surface area contributed by atoms with Gasteiger partial charge in [-0.25, -0.2) is 4.39 Å². The Morgan fingerprint density at radius 2 is 1.57 bits per heavy atom. The Bertz CT molecular complexity index is 1030. The number of nitrogen functional groups attached to an aromatic ring is 1. The molecular formula is C20H16ClFN4OS. The van der Waals surface area contributed by atoms with Crippen molar-refractivity contribution in [1.82, 2.24) is 0 Å². The standard InChI is InChI=1S/C20H16ClFN4OS/c21-12-5-10-17(23)18(11-12)26-20(28)25-14-8-6-13(7-9-14)24-19(27)15-3-1-2-4-16(15)22/h1-11H,23H2,(H,24,27)(H2,25,26,28). The van der Waals surface area contributed by atoms with Crippen molar-refractivity contribution in [2.45, 2.75) is 0 Å². The molecule has 3 aromatic carbocycles. The molecule has 0 aliphatic carbocycles. The third-order valence-electron chi connectivity index (χ3n) is 3.78. The Morgan fingerprint density at radius 3 is 2.25 bits per heavy atom. The quantitative estimate of drug-likeness (QED) is 0.352. The highest BCUT2D eigenvalue weighted by atomic mass is 35.5. The summed E-state index contributed by atoms with van der Waals surface area (Å²) < 4.78 is 13.7. The first kappa shape index (κ1) is 19.6. The second-order valence-electron chi connectivity index (χ2n) is 5.82. The lowest BCUT2D eigenvalue weighted by Gasteiger charge is -2.13. The fraction of sp³-hybridized carbons (Fsp3) is 0.